The second kappa shape index (κ2) is 8.57. The number of aromatic nitrogens is 2. The Bertz CT molecular complexity index is 1190. The molecule has 0 N–H and O–H groups in total. The minimum Gasteiger partial charge on any atom is -0.419 e. The van der Waals surface area contributed by atoms with E-state index in [0.717, 1.165) is 6.26 Å². The number of rotatable bonds is 6. The van der Waals surface area contributed by atoms with Gasteiger partial charge in [-0.25, -0.2) is 8.42 Å². The smallest absolute Gasteiger partial charge is 0.254 e. The first-order valence-electron chi connectivity index (χ1n) is 9.27. The fraction of sp³-hybridized carbons (Fsp3) is 0.286. The third-order valence-electron chi connectivity index (χ3n) is 4.60. The number of hydrogen-bond donors (Lipinski definition) is 0. The summed E-state index contributed by atoms with van der Waals surface area (Å²) in [5.74, 6) is 0.191. The molecule has 0 fully saturated rings. The molecule has 3 aromatic rings. The number of halogens is 1. The summed E-state index contributed by atoms with van der Waals surface area (Å²) in [5, 5.41) is 8.55. The first-order valence-corrected chi connectivity index (χ1v) is 11.5. The number of sulfone groups is 1. The number of carbonyl (C=O) groups is 1. The van der Waals surface area contributed by atoms with Crippen molar-refractivity contribution in [2.75, 3.05) is 6.26 Å². The van der Waals surface area contributed by atoms with Crippen molar-refractivity contribution in [2.24, 2.45) is 0 Å². The largest absolute Gasteiger partial charge is 0.419 e. The van der Waals surface area contributed by atoms with Crippen LogP contribution in [0.4, 0.5) is 0 Å². The van der Waals surface area contributed by atoms with Gasteiger partial charge in [0, 0.05) is 17.9 Å². The molecule has 0 bridgehead atoms. The van der Waals surface area contributed by atoms with Gasteiger partial charge in [0.15, 0.2) is 9.84 Å². The molecule has 0 aliphatic heterocycles. The van der Waals surface area contributed by atoms with E-state index in [1.165, 1.54) is 6.07 Å². The highest BCUT2D eigenvalue weighted by molar-refractivity contribution is 7.90. The van der Waals surface area contributed by atoms with Crippen LogP contribution in [0.25, 0.3) is 11.5 Å². The summed E-state index contributed by atoms with van der Waals surface area (Å²) in [6.45, 7) is 5.49. The Balaban J connectivity index is 1.89. The normalized spacial score (nSPS) is 11.7. The maximum atomic E-state index is 13.1. The van der Waals surface area contributed by atoms with E-state index in [1.807, 2.05) is 19.9 Å². The molecular weight excluding hydrogens is 426 g/mol. The fourth-order valence-corrected chi connectivity index (χ4v) is 4.20. The monoisotopic (exact) mass is 447 g/mol. The van der Waals surface area contributed by atoms with Crippen molar-refractivity contribution >= 4 is 27.3 Å². The molecule has 0 aliphatic carbocycles. The summed E-state index contributed by atoms with van der Waals surface area (Å²) < 4.78 is 29.8. The summed E-state index contributed by atoms with van der Waals surface area (Å²) >= 11 is 6.18. The van der Waals surface area contributed by atoms with Crippen LogP contribution in [0.1, 0.15) is 35.7 Å². The summed E-state index contributed by atoms with van der Waals surface area (Å²) in [6.07, 6.45) is 1.12. The molecule has 1 amide bonds. The average molecular weight is 448 g/mol. The zero-order chi connectivity index (χ0) is 22.1. The second-order valence-electron chi connectivity index (χ2n) is 7.26. The highest BCUT2D eigenvalue weighted by Crippen LogP contribution is 2.27. The molecule has 1 heterocycles. The summed E-state index contributed by atoms with van der Waals surface area (Å²) in [7, 11) is -3.45. The van der Waals surface area contributed by atoms with Crippen molar-refractivity contribution in [1.82, 2.24) is 15.1 Å². The van der Waals surface area contributed by atoms with Crippen LogP contribution >= 0.6 is 11.6 Å². The van der Waals surface area contributed by atoms with Crippen LogP contribution in [-0.4, -0.2) is 41.7 Å². The molecule has 2 aromatic carbocycles. The van der Waals surface area contributed by atoms with Gasteiger partial charge < -0.3 is 9.32 Å². The fourth-order valence-electron chi connectivity index (χ4n) is 2.99. The average Bonchev–Trinajstić information content (AvgIpc) is 3.13. The molecule has 7 nitrogen and oxygen atoms in total. The van der Waals surface area contributed by atoms with Crippen LogP contribution in [0.5, 0.6) is 0 Å². The van der Waals surface area contributed by atoms with Gasteiger partial charge >= 0.3 is 0 Å². The Morgan fingerprint density at radius 3 is 2.50 bits per heavy atom. The van der Waals surface area contributed by atoms with Crippen molar-refractivity contribution in [3.63, 3.8) is 0 Å². The SMILES string of the molecule is Cc1ccc(C(=O)N(Cc2nnc(-c3ccccc3Cl)o2)C(C)C)cc1S(C)(=O)=O. The van der Waals surface area contributed by atoms with Crippen LogP contribution in [0.2, 0.25) is 5.02 Å². The zero-order valence-corrected chi connectivity index (χ0v) is 18.7. The van der Waals surface area contributed by atoms with Gasteiger partial charge in [0.25, 0.3) is 5.91 Å². The molecule has 0 radical (unpaired) electrons. The Labute approximate surface area is 180 Å². The summed E-state index contributed by atoms with van der Waals surface area (Å²) in [4.78, 5) is 14.8. The maximum Gasteiger partial charge on any atom is 0.254 e. The zero-order valence-electron chi connectivity index (χ0n) is 17.1. The lowest BCUT2D eigenvalue weighted by atomic mass is 10.1. The number of carbonyl (C=O) groups excluding carboxylic acids is 1. The van der Waals surface area contributed by atoms with Gasteiger partial charge in [-0.15, -0.1) is 10.2 Å². The van der Waals surface area contributed by atoms with E-state index in [-0.39, 0.29) is 40.7 Å². The van der Waals surface area contributed by atoms with E-state index in [0.29, 0.717) is 16.1 Å². The van der Waals surface area contributed by atoms with Gasteiger partial charge in [-0.05, 0) is 50.6 Å². The van der Waals surface area contributed by atoms with Crippen molar-refractivity contribution < 1.29 is 17.6 Å². The first-order chi connectivity index (χ1) is 14.1. The topological polar surface area (TPSA) is 93.4 Å². The number of amides is 1. The van der Waals surface area contributed by atoms with Crippen LogP contribution in [0, 0.1) is 6.92 Å². The molecule has 0 saturated carbocycles. The predicted molar refractivity (Wildman–Crippen MR) is 114 cm³/mol. The molecular formula is C21H22ClN3O4S. The molecule has 0 saturated heterocycles. The molecule has 30 heavy (non-hydrogen) atoms. The third kappa shape index (κ3) is 4.71. The van der Waals surface area contributed by atoms with E-state index in [2.05, 4.69) is 10.2 Å². The highest BCUT2D eigenvalue weighted by atomic mass is 35.5. The van der Waals surface area contributed by atoms with Gasteiger partial charge in [0.2, 0.25) is 11.8 Å². The quantitative estimate of drug-likeness (QED) is 0.563. The van der Waals surface area contributed by atoms with Gasteiger partial charge in [-0.1, -0.05) is 29.8 Å². The number of benzene rings is 2. The van der Waals surface area contributed by atoms with Crippen LogP contribution in [-0.2, 0) is 16.4 Å². The van der Waals surface area contributed by atoms with Crippen molar-refractivity contribution in [1.29, 1.82) is 0 Å². The number of aryl methyl sites for hydroxylation is 1. The van der Waals surface area contributed by atoms with E-state index >= 15 is 0 Å². The van der Waals surface area contributed by atoms with Gasteiger partial charge in [0.05, 0.1) is 22.0 Å². The van der Waals surface area contributed by atoms with Gasteiger partial charge in [-0.2, -0.15) is 0 Å². The maximum absolute atomic E-state index is 13.1. The van der Waals surface area contributed by atoms with Gasteiger partial charge in [0.1, 0.15) is 0 Å². The molecule has 1 aromatic heterocycles. The molecule has 0 atom stereocenters. The van der Waals surface area contributed by atoms with Crippen molar-refractivity contribution in [3.05, 3.63) is 64.5 Å². The number of nitrogens with zero attached hydrogens (tertiary/aromatic N) is 3. The lowest BCUT2D eigenvalue weighted by Gasteiger charge is -2.25. The van der Waals surface area contributed by atoms with Crippen molar-refractivity contribution in [2.45, 2.75) is 38.3 Å². The van der Waals surface area contributed by atoms with Crippen LogP contribution in [0.15, 0.2) is 51.8 Å². The predicted octanol–water partition coefficient (Wildman–Crippen LogP) is 4.15. The summed E-state index contributed by atoms with van der Waals surface area (Å²) in [6, 6.07) is 11.6. The minimum absolute atomic E-state index is 0.0794. The molecule has 158 valence electrons. The van der Waals surface area contributed by atoms with E-state index in [9.17, 15) is 13.2 Å². The van der Waals surface area contributed by atoms with Gasteiger partial charge in [-0.3, -0.25) is 4.79 Å². The third-order valence-corrected chi connectivity index (χ3v) is 6.16. The number of hydrogen-bond acceptors (Lipinski definition) is 6. The second-order valence-corrected chi connectivity index (χ2v) is 9.65. The molecule has 9 heteroatoms. The van der Waals surface area contributed by atoms with E-state index in [1.54, 1.807) is 42.2 Å². The summed E-state index contributed by atoms with van der Waals surface area (Å²) in [5.41, 5.74) is 1.48. The molecule has 0 unspecified atom stereocenters. The first kappa shape index (κ1) is 22.0. The Morgan fingerprint density at radius 1 is 1.17 bits per heavy atom. The minimum atomic E-state index is -3.45. The Morgan fingerprint density at radius 2 is 1.87 bits per heavy atom. The van der Waals surface area contributed by atoms with E-state index < -0.39 is 9.84 Å². The van der Waals surface area contributed by atoms with Crippen LogP contribution in [0.3, 0.4) is 0 Å². The Hall–Kier alpha value is -2.71. The van der Waals surface area contributed by atoms with Crippen molar-refractivity contribution in [3.8, 4) is 11.5 Å². The lowest BCUT2D eigenvalue weighted by Crippen LogP contribution is -2.36. The standard InChI is InChI=1S/C21H22ClN3O4S/c1-13(2)25(21(26)15-10-9-14(3)18(11-15)30(4,27)28)12-19-23-24-20(29-19)16-7-5-6-8-17(16)22/h5-11,13H,12H2,1-4H3. The Kier molecular flexibility index (Phi) is 6.28. The molecule has 0 spiro atoms. The molecule has 3 rings (SSSR count). The van der Waals surface area contributed by atoms with E-state index in [4.69, 9.17) is 16.0 Å². The highest BCUT2D eigenvalue weighted by Gasteiger charge is 2.24. The lowest BCUT2D eigenvalue weighted by molar-refractivity contribution is 0.0672. The van der Waals surface area contributed by atoms with Crippen LogP contribution < -0.4 is 0 Å². The molecule has 0 aliphatic rings.